The first kappa shape index (κ1) is 25.3. The van der Waals surface area contributed by atoms with E-state index in [2.05, 4.69) is 32.0 Å². The van der Waals surface area contributed by atoms with Crippen LogP contribution in [0.15, 0.2) is 77.3 Å². The number of aromatic nitrogens is 1. The number of carbonyl (C=O) groups is 3. The van der Waals surface area contributed by atoms with E-state index in [1.54, 1.807) is 42.5 Å². The first-order valence-electron chi connectivity index (χ1n) is 10.2. The molecule has 12 heteroatoms. The molecule has 1 heterocycles. The van der Waals surface area contributed by atoms with Crippen LogP contribution in [0.4, 0.5) is 24.5 Å². The normalized spacial score (nSPS) is 11.2. The Balaban J connectivity index is 1.61. The zero-order valence-corrected chi connectivity index (χ0v) is 20.3. The molecule has 0 fully saturated rings. The molecule has 4 rings (SSSR count). The average Bonchev–Trinajstić information content (AvgIpc) is 3.17. The van der Waals surface area contributed by atoms with Crippen LogP contribution < -0.4 is 16.1 Å². The summed E-state index contributed by atoms with van der Waals surface area (Å²) in [6, 6.07) is 16.9. The van der Waals surface area contributed by atoms with Crippen molar-refractivity contribution in [1.29, 1.82) is 0 Å². The van der Waals surface area contributed by atoms with E-state index < -0.39 is 29.5 Å². The number of rotatable bonds is 4. The molecule has 4 aromatic rings. The Morgan fingerprint density at radius 2 is 1.61 bits per heavy atom. The number of nitrogens with zero attached hydrogens (tertiary/aromatic N) is 1. The van der Waals surface area contributed by atoms with Gasteiger partial charge in [-0.15, -0.1) is 0 Å². The Morgan fingerprint density at radius 3 is 2.33 bits per heavy atom. The quantitative estimate of drug-likeness (QED) is 0.258. The van der Waals surface area contributed by atoms with Crippen molar-refractivity contribution < 1.29 is 27.6 Å². The standard InChI is InChI=1S/C24H15BrClF3N4O3/c25-15-8-9-19-13(10-15)11-20(21(34)31-18-7-2-1-6-17(18)26)33(19)32-23(36)22(35)30-16-5-3-4-14(12-16)24(27,28)29/h1-12H,(H,30,35)(H,31,34)(H,32,36). The second-order valence-corrected chi connectivity index (χ2v) is 8.80. The lowest BCUT2D eigenvalue weighted by molar-refractivity contribution is -0.137. The zero-order chi connectivity index (χ0) is 26.0. The Bertz CT molecular complexity index is 1500. The maximum absolute atomic E-state index is 13.1. The summed E-state index contributed by atoms with van der Waals surface area (Å²) in [6.07, 6.45) is -4.62. The molecule has 7 nitrogen and oxygen atoms in total. The first-order chi connectivity index (χ1) is 17.0. The minimum absolute atomic E-state index is 0.0248. The average molecular weight is 580 g/mol. The van der Waals surface area contributed by atoms with Crippen molar-refractivity contribution in [2.75, 3.05) is 16.1 Å². The van der Waals surface area contributed by atoms with Gasteiger partial charge in [-0.1, -0.05) is 45.7 Å². The number of alkyl halides is 3. The van der Waals surface area contributed by atoms with E-state index in [-0.39, 0.29) is 11.4 Å². The van der Waals surface area contributed by atoms with Crippen molar-refractivity contribution in [3.63, 3.8) is 0 Å². The summed E-state index contributed by atoms with van der Waals surface area (Å²) < 4.78 is 40.7. The molecule has 0 aliphatic rings. The van der Waals surface area contributed by atoms with Crippen LogP contribution >= 0.6 is 27.5 Å². The minimum atomic E-state index is -4.62. The monoisotopic (exact) mass is 578 g/mol. The summed E-state index contributed by atoms with van der Waals surface area (Å²) >= 11 is 9.46. The van der Waals surface area contributed by atoms with E-state index in [1.165, 1.54) is 12.1 Å². The molecule has 184 valence electrons. The van der Waals surface area contributed by atoms with Gasteiger partial charge in [0.25, 0.3) is 5.91 Å². The van der Waals surface area contributed by atoms with Crippen LogP contribution in [-0.2, 0) is 15.8 Å². The predicted octanol–water partition coefficient (Wildman–Crippen LogP) is 6.04. The van der Waals surface area contributed by atoms with Crippen molar-refractivity contribution in [2.45, 2.75) is 6.18 Å². The lowest BCUT2D eigenvalue weighted by Gasteiger charge is -2.13. The number of para-hydroxylation sites is 1. The molecule has 0 radical (unpaired) electrons. The van der Waals surface area contributed by atoms with Crippen molar-refractivity contribution >= 4 is 67.5 Å². The Kier molecular flexibility index (Phi) is 7.04. The number of amides is 3. The second kappa shape index (κ2) is 10.0. The number of hydrogen-bond donors (Lipinski definition) is 3. The summed E-state index contributed by atoms with van der Waals surface area (Å²) in [5, 5.41) is 5.63. The molecule has 36 heavy (non-hydrogen) atoms. The number of halogens is 5. The first-order valence-corrected chi connectivity index (χ1v) is 11.4. The lowest BCUT2D eigenvalue weighted by atomic mass is 10.2. The van der Waals surface area contributed by atoms with Gasteiger partial charge < -0.3 is 10.6 Å². The molecule has 1 aromatic heterocycles. The summed E-state index contributed by atoms with van der Waals surface area (Å²) in [5.41, 5.74) is 1.83. The van der Waals surface area contributed by atoms with Crippen molar-refractivity contribution in [3.8, 4) is 0 Å². The lowest BCUT2D eigenvalue weighted by Crippen LogP contribution is -2.36. The van der Waals surface area contributed by atoms with E-state index in [4.69, 9.17) is 11.6 Å². The molecule has 0 aliphatic heterocycles. The van der Waals surface area contributed by atoms with Gasteiger partial charge in [0.2, 0.25) is 0 Å². The number of fused-ring (bicyclic) bond motifs is 1. The van der Waals surface area contributed by atoms with Gasteiger partial charge in [-0.25, -0.2) is 4.68 Å². The van der Waals surface area contributed by atoms with Gasteiger partial charge in [0, 0.05) is 15.5 Å². The summed E-state index contributed by atoms with van der Waals surface area (Å²) in [6.45, 7) is 0. The fraction of sp³-hybridized carbons (Fsp3) is 0.0417. The van der Waals surface area contributed by atoms with E-state index in [0.29, 0.717) is 32.2 Å². The number of benzene rings is 3. The van der Waals surface area contributed by atoms with Crippen LogP contribution in [0.25, 0.3) is 10.9 Å². The number of nitrogens with one attached hydrogen (secondary N) is 3. The third-order valence-electron chi connectivity index (χ3n) is 4.99. The topological polar surface area (TPSA) is 92.2 Å². The fourth-order valence-electron chi connectivity index (χ4n) is 3.34. The van der Waals surface area contributed by atoms with E-state index >= 15 is 0 Å². The summed E-state index contributed by atoms with van der Waals surface area (Å²) in [4.78, 5) is 38.2. The van der Waals surface area contributed by atoms with Crippen molar-refractivity contribution in [3.05, 3.63) is 93.5 Å². The molecule has 0 saturated heterocycles. The van der Waals surface area contributed by atoms with Gasteiger partial charge >= 0.3 is 18.0 Å². The molecule has 0 unspecified atom stereocenters. The minimum Gasteiger partial charge on any atom is -0.319 e. The third kappa shape index (κ3) is 5.52. The summed E-state index contributed by atoms with van der Waals surface area (Å²) in [7, 11) is 0. The molecule has 0 spiro atoms. The fourth-order valence-corrected chi connectivity index (χ4v) is 3.90. The van der Waals surface area contributed by atoms with Gasteiger partial charge in [0.15, 0.2) is 0 Å². The van der Waals surface area contributed by atoms with Crippen LogP contribution in [0.1, 0.15) is 16.1 Å². The van der Waals surface area contributed by atoms with Crippen LogP contribution in [0.3, 0.4) is 0 Å². The number of hydrogen-bond acceptors (Lipinski definition) is 3. The van der Waals surface area contributed by atoms with Crippen LogP contribution in [0, 0.1) is 0 Å². The number of anilines is 2. The van der Waals surface area contributed by atoms with Gasteiger partial charge in [0.1, 0.15) is 5.69 Å². The highest BCUT2D eigenvalue weighted by Crippen LogP contribution is 2.31. The third-order valence-corrected chi connectivity index (χ3v) is 5.81. The highest BCUT2D eigenvalue weighted by Gasteiger charge is 2.30. The molecular formula is C24H15BrClF3N4O3. The largest absolute Gasteiger partial charge is 0.416 e. The Hall–Kier alpha value is -3.83. The van der Waals surface area contributed by atoms with E-state index in [0.717, 1.165) is 16.8 Å². The van der Waals surface area contributed by atoms with Crippen LogP contribution in [0.2, 0.25) is 5.02 Å². The maximum Gasteiger partial charge on any atom is 0.416 e. The second-order valence-electron chi connectivity index (χ2n) is 7.48. The van der Waals surface area contributed by atoms with Gasteiger partial charge in [0.05, 0.1) is 21.8 Å². The SMILES string of the molecule is O=C(Nc1cccc(C(F)(F)F)c1)C(=O)Nn1c(C(=O)Nc2ccccc2Cl)cc2cc(Br)ccc21. The number of carbonyl (C=O) groups excluding carboxylic acids is 3. The highest BCUT2D eigenvalue weighted by molar-refractivity contribution is 9.10. The molecule has 0 bridgehead atoms. The van der Waals surface area contributed by atoms with E-state index in [1.807, 2.05) is 0 Å². The molecule has 3 N–H and O–H groups in total. The zero-order valence-electron chi connectivity index (χ0n) is 18.0. The Morgan fingerprint density at radius 1 is 0.861 bits per heavy atom. The smallest absolute Gasteiger partial charge is 0.319 e. The van der Waals surface area contributed by atoms with Gasteiger partial charge in [-0.2, -0.15) is 13.2 Å². The van der Waals surface area contributed by atoms with Crippen LogP contribution in [-0.4, -0.2) is 22.4 Å². The molecule has 3 amide bonds. The van der Waals surface area contributed by atoms with E-state index in [9.17, 15) is 27.6 Å². The predicted molar refractivity (Wildman–Crippen MR) is 133 cm³/mol. The highest BCUT2D eigenvalue weighted by atomic mass is 79.9. The molecule has 3 aromatic carbocycles. The Labute approximate surface area is 215 Å². The van der Waals surface area contributed by atoms with Gasteiger partial charge in [-0.05, 0) is 54.6 Å². The van der Waals surface area contributed by atoms with Crippen LogP contribution in [0.5, 0.6) is 0 Å². The van der Waals surface area contributed by atoms with Gasteiger partial charge in [-0.3, -0.25) is 19.8 Å². The molecule has 0 saturated carbocycles. The maximum atomic E-state index is 13.1. The molecular weight excluding hydrogens is 565 g/mol. The molecule has 0 atom stereocenters. The molecule has 0 aliphatic carbocycles. The van der Waals surface area contributed by atoms with Crippen molar-refractivity contribution in [2.24, 2.45) is 0 Å². The van der Waals surface area contributed by atoms with Crippen molar-refractivity contribution in [1.82, 2.24) is 4.68 Å². The summed E-state index contributed by atoms with van der Waals surface area (Å²) in [5.74, 6) is -3.07.